The number of hydrogen-bond acceptors (Lipinski definition) is 3. The Labute approximate surface area is 138 Å². The first-order chi connectivity index (χ1) is 11.0. The normalized spacial score (nSPS) is 10.4. The minimum atomic E-state index is -0.152. The molecule has 0 aliphatic heterocycles. The summed E-state index contributed by atoms with van der Waals surface area (Å²) >= 11 is 0. The van der Waals surface area contributed by atoms with Gasteiger partial charge in [0, 0.05) is 24.6 Å². The predicted octanol–water partition coefficient (Wildman–Crippen LogP) is 2.76. The molecule has 2 N–H and O–H groups in total. The molecule has 0 radical (unpaired) electrons. The van der Waals surface area contributed by atoms with E-state index in [0.717, 1.165) is 18.6 Å². The molecule has 0 heterocycles. The standard InChI is InChI=1S/C18H28N2O3/c1-4-5-6-13-23-16-9-7-15(8-10-16)18(22)20-12-11-19-17(21)14(2)3/h7-10,14H,4-6,11-13H2,1-3H3,(H,19,21)(H,20,22). The van der Waals surface area contributed by atoms with Crippen molar-refractivity contribution in [2.24, 2.45) is 5.92 Å². The number of ether oxygens (including phenoxy) is 1. The molecular formula is C18H28N2O3. The largest absolute Gasteiger partial charge is 0.494 e. The van der Waals surface area contributed by atoms with Gasteiger partial charge in [-0.2, -0.15) is 0 Å². The van der Waals surface area contributed by atoms with Crippen LogP contribution in [0.15, 0.2) is 24.3 Å². The maximum Gasteiger partial charge on any atom is 0.251 e. The first-order valence-corrected chi connectivity index (χ1v) is 8.33. The van der Waals surface area contributed by atoms with Gasteiger partial charge in [0.1, 0.15) is 5.75 Å². The number of amides is 2. The van der Waals surface area contributed by atoms with Crippen molar-refractivity contribution in [2.45, 2.75) is 40.0 Å². The van der Waals surface area contributed by atoms with Crippen molar-refractivity contribution in [3.63, 3.8) is 0 Å². The van der Waals surface area contributed by atoms with Gasteiger partial charge in [0.15, 0.2) is 0 Å². The molecule has 0 bridgehead atoms. The molecule has 1 aromatic carbocycles. The summed E-state index contributed by atoms with van der Waals surface area (Å²) in [5.74, 6) is 0.572. The van der Waals surface area contributed by atoms with Crippen molar-refractivity contribution < 1.29 is 14.3 Å². The van der Waals surface area contributed by atoms with Crippen LogP contribution in [-0.2, 0) is 4.79 Å². The number of rotatable bonds is 10. The van der Waals surface area contributed by atoms with E-state index in [9.17, 15) is 9.59 Å². The summed E-state index contributed by atoms with van der Waals surface area (Å²) in [6.07, 6.45) is 3.37. The Balaban J connectivity index is 2.29. The quantitative estimate of drug-likeness (QED) is 0.651. The van der Waals surface area contributed by atoms with E-state index in [1.54, 1.807) is 24.3 Å². The van der Waals surface area contributed by atoms with Crippen molar-refractivity contribution in [2.75, 3.05) is 19.7 Å². The number of nitrogens with one attached hydrogen (secondary N) is 2. The Kier molecular flexibility index (Phi) is 8.80. The summed E-state index contributed by atoms with van der Waals surface area (Å²) in [4.78, 5) is 23.4. The molecule has 0 aliphatic carbocycles. The molecule has 0 aromatic heterocycles. The fourth-order valence-electron chi connectivity index (χ4n) is 1.91. The van der Waals surface area contributed by atoms with Crippen LogP contribution in [0.25, 0.3) is 0 Å². The third-order valence-electron chi connectivity index (χ3n) is 3.37. The molecule has 0 aliphatic rings. The first kappa shape index (κ1) is 19.0. The molecule has 2 amide bonds. The Hall–Kier alpha value is -2.04. The van der Waals surface area contributed by atoms with Crippen molar-refractivity contribution >= 4 is 11.8 Å². The highest BCUT2D eigenvalue weighted by atomic mass is 16.5. The first-order valence-electron chi connectivity index (χ1n) is 8.33. The number of carbonyl (C=O) groups is 2. The van der Waals surface area contributed by atoms with Crippen molar-refractivity contribution in [1.29, 1.82) is 0 Å². The molecule has 0 spiro atoms. The minimum absolute atomic E-state index is 0.0103. The molecule has 0 saturated carbocycles. The van der Waals surface area contributed by atoms with E-state index in [1.165, 1.54) is 6.42 Å². The van der Waals surface area contributed by atoms with E-state index in [0.29, 0.717) is 25.3 Å². The van der Waals surface area contributed by atoms with E-state index < -0.39 is 0 Å². The minimum Gasteiger partial charge on any atom is -0.494 e. The van der Waals surface area contributed by atoms with Crippen molar-refractivity contribution in [1.82, 2.24) is 10.6 Å². The summed E-state index contributed by atoms with van der Waals surface area (Å²) in [5.41, 5.74) is 0.584. The van der Waals surface area contributed by atoms with Crippen LogP contribution in [-0.4, -0.2) is 31.5 Å². The third kappa shape index (κ3) is 7.68. The Morgan fingerprint density at radius 3 is 2.30 bits per heavy atom. The molecule has 5 heteroatoms. The van der Waals surface area contributed by atoms with Crippen LogP contribution < -0.4 is 15.4 Å². The van der Waals surface area contributed by atoms with E-state index in [2.05, 4.69) is 17.6 Å². The smallest absolute Gasteiger partial charge is 0.251 e. The summed E-state index contributed by atoms with van der Waals surface area (Å²) in [7, 11) is 0. The number of benzene rings is 1. The van der Waals surface area contributed by atoms with E-state index in [4.69, 9.17) is 4.74 Å². The summed E-state index contributed by atoms with van der Waals surface area (Å²) < 4.78 is 5.61. The Morgan fingerprint density at radius 1 is 1.04 bits per heavy atom. The van der Waals surface area contributed by atoms with Gasteiger partial charge in [-0.3, -0.25) is 9.59 Å². The molecule has 128 valence electrons. The lowest BCUT2D eigenvalue weighted by Crippen LogP contribution is -2.36. The second kappa shape index (κ2) is 10.6. The van der Waals surface area contributed by atoms with Gasteiger partial charge in [0.05, 0.1) is 6.61 Å². The van der Waals surface area contributed by atoms with Gasteiger partial charge >= 0.3 is 0 Å². The molecule has 0 fully saturated rings. The lowest BCUT2D eigenvalue weighted by atomic mass is 10.2. The monoisotopic (exact) mass is 320 g/mol. The average molecular weight is 320 g/mol. The zero-order chi connectivity index (χ0) is 17.1. The van der Waals surface area contributed by atoms with Gasteiger partial charge in [-0.15, -0.1) is 0 Å². The lowest BCUT2D eigenvalue weighted by molar-refractivity contribution is -0.123. The van der Waals surface area contributed by atoms with Crippen LogP contribution in [0.2, 0.25) is 0 Å². The number of carbonyl (C=O) groups excluding carboxylic acids is 2. The van der Waals surface area contributed by atoms with Crippen LogP contribution in [0.4, 0.5) is 0 Å². The highest BCUT2D eigenvalue weighted by Gasteiger charge is 2.07. The second-order valence-corrected chi connectivity index (χ2v) is 5.78. The van der Waals surface area contributed by atoms with Crippen LogP contribution in [0.1, 0.15) is 50.4 Å². The van der Waals surface area contributed by atoms with Crippen LogP contribution in [0.3, 0.4) is 0 Å². The van der Waals surface area contributed by atoms with E-state index >= 15 is 0 Å². The molecule has 0 unspecified atom stereocenters. The maximum absolute atomic E-state index is 12.0. The summed E-state index contributed by atoms with van der Waals surface area (Å²) in [5, 5.41) is 5.54. The van der Waals surface area contributed by atoms with Gasteiger partial charge in [-0.25, -0.2) is 0 Å². The molecule has 5 nitrogen and oxygen atoms in total. The van der Waals surface area contributed by atoms with E-state index in [-0.39, 0.29) is 17.7 Å². The van der Waals surface area contributed by atoms with Gasteiger partial charge in [-0.1, -0.05) is 33.6 Å². The lowest BCUT2D eigenvalue weighted by Gasteiger charge is -2.09. The molecule has 23 heavy (non-hydrogen) atoms. The Bertz CT molecular complexity index is 484. The zero-order valence-electron chi connectivity index (χ0n) is 14.4. The van der Waals surface area contributed by atoms with Crippen LogP contribution in [0, 0.1) is 5.92 Å². The van der Waals surface area contributed by atoms with E-state index in [1.807, 2.05) is 13.8 Å². The van der Waals surface area contributed by atoms with Crippen LogP contribution >= 0.6 is 0 Å². The fraction of sp³-hybridized carbons (Fsp3) is 0.556. The van der Waals surface area contributed by atoms with Gasteiger partial charge in [0.25, 0.3) is 5.91 Å². The van der Waals surface area contributed by atoms with Crippen LogP contribution in [0.5, 0.6) is 5.75 Å². The number of unbranched alkanes of at least 4 members (excludes halogenated alkanes) is 2. The second-order valence-electron chi connectivity index (χ2n) is 5.78. The number of hydrogen-bond donors (Lipinski definition) is 2. The molecular weight excluding hydrogens is 292 g/mol. The highest BCUT2D eigenvalue weighted by molar-refractivity contribution is 5.94. The molecule has 0 atom stereocenters. The molecule has 1 aromatic rings. The molecule has 1 rings (SSSR count). The van der Waals surface area contributed by atoms with Crippen molar-refractivity contribution in [3.8, 4) is 5.75 Å². The van der Waals surface area contributed by atoms with Gasteiger partial charge in [-0.05, 0) is 30.7 Å². The Morgan fingerprint density at radius 2 is 1.70 bits per heavy atom. The summed E-state index contributed by atoms with van der Waals surface area (Å²) in [6.45, 7) is 7.37. The van der Waals surface area contributed by atoms with Gasteiger partial charge < -0.3 is 15.4 Å². The molecule has 0 saturated heterocycles. The fourth-order valence-corrected chi connectivity index (χ4v) is 1.91. The predicted molar refractivity (Wildman–Crippen MR) is 91.6 cm³/mol. The maximum atomic E-state index is 12.0. The highest BCUT2D eigenvalue weighted by Crippen LogP contribution is 2.12. The topological polar surface area (TPSA) is 67.4 Å². The average Bonchev–Trinajstić information content (AvgIpc) is 2.55. The van der Waals surface area contributed by atoms with Crippen molar-refractivity contribution in [3.05, 3.63) is 29.8 Å². The third-order valence-corrected chi connectivity index (χ3v) is 3.37. The summed E-state index contributed by atoms with van der Waals surface area (Å²) in [6, 6.07) is 7.11. The van der Waals surface area contributed by atoms with Gasteiger partial charge in [0.2, 0.25) is 5.91 Å². The SMILES string of the molecule is CCCCCOc1ccc(C(=O)NCCNC(=O)C(C)C)cc1. The zero-order valence-corrected chi connectivity index (χ0v) is 14.4.